The van der Waals surface area contributed by atoms with Crippen LogP contribution >= 0.6 is 0 Å². The minimum absolute atomic E-state index is 0.285. The molecule has 2 N–H and O–H groups in total. The summed E-state index contributed by atoms with van der Waals surface area (Å²) in [6.07, 6.45) is 1.51. The zero-order valence-electron chi connectivity index (χ0n) is 12.5. The molecule has 0 saturated carbocycles. The van der Waals surface area contributed by atoms with Gasteiger partial charge in [0.2, 0.25) is 0 Å². The van der Waals surface area contributed by atoms with Crippen molar-refractivity contribution < 1.29 is 22.5 Å². The van der Waals surface area contributed by atoms with E-state index in [2.05, 4.69) is 4.98 Å². The van der Waals surface area contributed by atoms with Crippen molar-refractivity contribution in [3.8, 4) is 0 Å². The molecule has 0 aliphatic carbocycles. The highest BCUT2D eigenvalue weighted by Crippen LogP contribution is 2.26. The number of benzene rings is 1. The number of H-pyrrole nitrogens is 1. The summed E-state index contributed by atoms with van der Waals surface area (Å²) in [6, 6.07) is 5.00. The fourth-order valence-corrected chi connectivity index (χ4v) is 3.08. The van der Waals surface area contributed by atoms with Crippen LogP contribution in [-0.2, 0) is 27.0 Å². The van der Waals surface area contributed by atoms with Gasteiger partial charge in [-0.05, 0) is 36.6 Å². The number of carbonyl (C=O) groups is 1. The summed E-state index contributed by atoms with van der Waals surface area (Å²) in [6.45, 7) is 4.02. The second-order valence-corrected chi connectivity index (χ2v) is 6.51. The lowest BCUT2D eigenvalue weighted by Crippen LogP contribution is -2.07. The lowest BCUT2D eigenvalue weighted by Gasteiger charge is -2.04. The van der Waals surface area contributed by atoms with Gasteiger partial charge in [-0.15, -0.1) is 0 Å². The van der Waals surface area contributed by atoms with Gasteiger partial charge in [0.15, 0.2) is 0 Å². The molecule has 0 fully saturated rings. The Balaban J connectivity index is 2.54. The van der Waals surface area contributed by atoms with Crippen molar-refractivity contribution in [2.75, 3.05) is 6.61 Å². The third-order valence-corrected chi connectivity index (χ3v) is 4.00. The topological polar surface area (TPSA) is 96.5 Å². The van der Waals surface area contributed by atoms with Gasteiger partial charge in [-0.25, -0.2) is 4.79 Å². The molecule has 2 aromatic rings. The van der Waals surface area contributed by atoms with E-state index in [1.54, 1.807) is 25.1 Å². The number of rotatable bonds is 6. The van der Waals surface area contributed by atoms with Crippen molar-refractivity contribution >= 4 is 27.0 Å². The average molecular weight is 325 g/mol. The number of fused-ring (bicyclic) bond motifs is 1. The molecule has 1 heterocycles. The maximum Gasteiger partial charge on any atom is 0.355 e. The Morgan fingerprint density at radius 3 is 2.64 bits per heavy atom. The van der Waals surface area contributed by atoms with Crippen molar-refractivity contribution in [2.24, 2.45) is 0 Å². The van der Waals surface area contributed by atoms with Gasteiger partial charge in [-0.1, -0.05) is 19.4 Å². The maximum absolute atomic E-state index is 12.0. The predicted molar refractivity (Wildman–Crippen MR) is 83.5 cm³/mol. The van der Waals surface area contributed by atoms with Gasteiger partial charge in [0.05, 0.1) is 6.61 Å². The van der Waals surface area contributed by atoms with Crippen molar-refractivity contribution in [1.29, 1.82) is 0 Å². The molecule has 0 unspecified atom stereocenters. The van der Waals surface area contributed by atoms with Gasteiger partial charge in [0, 0.05) is 10.9 Å². The van der Waals surface area contributed by atoms with E-state index in [1.165, 1.54) is 0 Å². The number of aryl methyl sites for hydroxylation is 1. The minimum Gasteiger partial charge on any atom is -0.461 e. The van der Waals surface area contributed by atoms with Crippen molar-refractivity contribution in [1.82, 2.24) is 4.98 Å². The lowest BCUT2D eigenvalue weighted by atomic mass is 10.0. The van der Waals surface area contributed by atoms with Crippen LogP contribution < -0.4 is 0 Å². The molecule has 0 atom stereocenters. The molecule has 2 rings (SSSR count). The molecule has 6 nitrogen and oxygen atoms in total. The van der Waals surface area contributed by atoms with E-state index < -0.39 is 21.8 Å². The second kappa shape index (κ2) is 6.50. The maximum atomic E-state index is 12.0. The molecule has 1 aromatic carbocycles. The predicted octanol–water partition coefficient (Wildman–Crippen LogP) is 2.68. The molecule has 0 saturated heterocycles. The van der Waals surface area contributed by atoms with E-state index in [9.17, 15) is 13.2 Å². The third-order valence-electron chi connectivity index (χ3n) is 3.30. The standard InChI is InChI=1S/C15H19NO5S/c1-3-5-11-12-8-10(9-22(18,19)20)6-7-13(12)16-14(11)15(17)21-4-2/h6-8,16H,3-5,9H2,1-2H3,(H,18,19,20). The Morgan fingerprint density at radius 2 is 2.05 bits per heavy atom. The molecule has 7 heteroatoms. The number of carbonyl (C=O) groups excluding carboxylic acids is 1. The first-order valence-corrected chi connectivity index (χ1v) is 8.72. The Morgan fingerprint density at radius 1 is 1.32 bits per heavy atom. The van der Waals surface area contributed by atoms with Crippen LogP contribution in [0.3, 0.4) is 0 Å². The second-order valence-electron chi connectivity index (χ2n) is 5.06. The molecule has 120 valence electrons. The van der Waals surface area contributed by atoms with E-state index in [-0.39, 0.29) is 6.61 Å². The van der Waals surface area contributed by atoms with Gasteiger partial charge in [-0.2, -0.15) is 8.42 Å². The first-order chi connectivity index (χ1) is 10.4. The quantitative estimate of drug-likeness (QED) is 0.629. The zero-order chi connectivity index (χ0) is 16.3. The summed E-state index contributed by atoms with van der Waals surface area (Å²) in [5.41, 5.74) is 2.43. The number of aromatic amines is 1. The van der Waals surface area contributed by atoms with Crippen LogP contribution in [0, 0.1) is 0 Å². The number of aromatic nitrogens is 1. The average Bonchev–Trinajstić information content (AvgIpc) is 2.76. The number of ether oxygens (including phenoxy) is 1. The Hall–Kier alpha value is -1.86. The lowest BCUT2D eigenvalue weighted by molar-refractivity contribution is 0.0519. The van der Waals surface area contributed by atoms with Gasteiger partial charge < -0.3 is 9.72 Å². The summed E-state index contributed by atoms with van der Waals surface area (Å²) in [5.74, 6) is -0.868. The Bertz CT molecular complexity index is 792. The molecule has 0 radical (unpaired) electrons. The highest BCUT2D eigenvalue weighted by molar-refractivity contribution is 7.85. The number of hydrogen-bond donors (Lipinski definition) is 2. The fourth-order valence-electron chi connectivity index (χ4n) is 2.48. The molecular formula is C15H19NO5S. The van der Waals surface area contributed by atoms with Crippen LogP contribution in [0.1, 0.15) is 41.9 Å². The van der Waals surface area contributed by atoms with Crippen molar-refractivity contribution in [3.05, 3.63) is 35.0 Å². The van der Waals surface area contributed by atoms with Crippen LogP contribution in [0.15, 0.2) is 18.2 Å². The summed E-state index contributed by atoms with van der Waals surface area (Å²) in [5, 5.41) is 0.783. The van der Waals surface area contributed by atoms with E-state index in [0.29, 0.717) is 17.7 Å². The zero-order valence-corrected chi connectivity index (χ0v) is 13.4. The largest absolute Gasteiger partial charge is 0.461 e. The highest BCUT2D eigenvalue weighted by atomic mass is 32.2. The van der Waals surface area contributed by atoms with Gasteiger partial charge in [0.25, 0.3) is 10.1 Å². The number of hydrogen-bond acceptors (Lipinski definition) is 4. The molecule has 1 aromatic heterocycles. The van der Waals surface area contributed by atoms with Crippen LogP contribution in [0.2, 0.25) is 0 Å². The first kappa shape index (κ1) is 16.5. The summed E-state index contributed by atoms with van der Waals surface area (Å²) in [7, 11) is -4.09. The van der Waals surface area contributed by atoms with Crippen LogP contribution in [-0.4, -0.2) is 30.5 Å². The molecule has 0 aliphatic heterocycles. The van der Waals surface area contributed by atoms with Crippen LogP contribution in [0.5, 0.6) is 0 Å². The van der Waals surface area contributed by atoms with E-state index >= 15 is 0 Å². The third kappa shape index (κ3) is 3.66. The van der Waals surface area contributed by atoms with Crippen molar-refractivity contribution in [2.45, 2.75) is 32.4 Å². The Labute approximate surface area is 129 Å². The molecule has 0 amide bonds. The molecule has 0 aliphatic rings. The summed E-state index contributed by atoms with van der Waals surface area (Å²) in [4.78, 5) is 15.1. The monoisotopic (exact) mass is 325 g/mol. The summed E-state index contributed by atoms with van der Waals surface area (Å²) < 4.78 is 36.1. The molecule has 0 bridgehead atoms. The van der Waals surface area contributed by atoms with E-state index in [4.69, 9.17) is 9.29 Å². The number of nitrogens with one attached hydrogen (secondary N) is 1. The SMILES string of the molecule is CCCc1c(C(=O)OCC)[nH]c2ccc(CS(=O)(=O)O)cc12. The fraction of sp³-hybridized carbons (Fsp3) is 0.400. The molecular weight excluding hydrogens is 306 g/mol. The normalized spacial score (nSPS) is 11.8. The van der Waals surface area contributed by atoms with E-state index in [0.717, 1.165) is 22.9 Å². The Kier molecular flexibility index (Phi) is 4.87. The van der Waals surface area contributed by atoms with Crippen LogP contribution in [0.4, 0.5) is 0 Å². The van der Waals surface area contributed by atoms with Crippen LogP contribution in [0.25, 0.3) is 10.9 Å². The van der Waals surface area contributed by atoms with Gasteiger partial charge in [0.1, 0.15) is 11.4 Å². The molecule has 22 heavy (non-hydrogen) atoms. The first-order valence-electron chi connectivity index (χ1n) is 7.11. The summed E-state index contributed by atoms with van der Waals surface area (Å²) >= 11 is 0. The highest BCUT2D eigenvalue weighted by Gasteiger charge is 2.19. The smallest absolute Gasteiger partial charge is 0.355 e. The van der Waals surface area contributed by atoms with Gasteiger partial charge in [-0.3, -0.25) is 4.55 Å². The molecule has 0 spiro atoms. The van der Waals surface area contributed by atoms with Crippen molar-refractivity contribution in [3.63, 3.8) is 0 Å². The van der Waals surface area contributed by atoms with Gasteiger partial charge >= 0.3 is 5.97 Å². The van der Waals surface area contributed by atoms with E-state index in [1.807, 2.05) is 6.92 Å². The number of esters is 1. The minimum atomic E-state index is -4.09.